The number of hydrogen-bond donors (Lipinski definition) is 0. The highest BCUT2D eigenvalue weighted by atomic mass is 15.1. The van der Waals surface area contributed by atoms with Gasteiger partial charge in [0.25, 0.3) is 0 Å². The van der Waals surface area contributed by atoms with Crippen LogP contribution in [0, 0.1) is 17.9 Å². The van der Waals surface area contributed by atoms with E-state index in [9.17, 15) is 0 Å². The fraction of sp³-hybridized carbons (Fsp3) is 0. The summed E-state index contributed by atoms with van der Waals surface area (Å²) in [5, 5.41) is 9.13. The van der Waals surface area contributed by atoms with Crippen LogP contribution < -0.4 is 4.90 Å². The minimum Gasteiger partial charge on any atom is -0.311 e. The first-order valence-corrected chi connectivity index (χ1v) is 13.2. The normalized spacial score (nSPS) is 10.4. The Balaban J connectivity index is 1.36. The van der Waals surface area contributed by atoms with Gasteiger partial charge in [-0.2, -0.15) is 5.26 Å². The van der Waals surface area contributed by atoms with Crippen molar-refractivity contribution in [3.05, 3.63) is 163 Å². The van der Waals surface area contributed by atoms with E-state index in [1.165, 1.54) is 0 Å². The van der Waals surface area contributed by atoms with Crippen LogP contribution in [0.4, 0.5) is 22.7 Å². The Morgan fingerprint density at radius 1 is 0.488 bits per heavy atom. The van der Waals surface area contributed by atoms with Crippen molar-refractivity contribution in [3.63, 3.8) is 0 Å². The van der Waals surface area contributed by atoms with Crippen molar-refractivity contribution in [2.75, 3.05) is 4.90 Å². The smallest absolute Gasteiger partial charge is 0.187 e. The number of nitrogens with zero attached hydrogens (tertiary/aromatic N) is 4. The Morgan fingerprint density at radius 2 is 0.829 bits per heavy atom. The maximum atomic E-state index is 9.13. The second-order valence-corrected chi connectivity index (χ2v) is 9.56. The third-order valence-electron chi connectivity index (χ3n) is 7.07. The Morgan fingerprint density at radius 3 is 1.20 bits per heavy atom. The van der Waals surface area contributed by atoms with Crippen molar-refractivity contribution < 1.29 is 0 Å². The summed E-state index contributed by atoms with van der Waals surface area (Å²) in [6, 6.07) is 47.0. The van der Waals surface area contributed by atoms with Gasteiger partial charge in [0.1, 0.15) is 0 Å². The number of anilines is 3. The van der Waals surface area contributed by atoms with Crippen LogP contribution in [0.2, 0.25) is 0 Å². The zero-order chi connectivity index (χ0) is 28.0. The number of benzene rings is 5. The van der Waals surface area contributed by atoms with Gasteiger partial charge in [0.2, 0.25) is 0 Å². The van der Waals surface area contributed by atoms with Crippen LogP contribution in [0.25, 0.3) is 38.2 Å². The Labute approximate surface area is 239 Å². The molecule has 0 N–H and O–H groups in total. The molecule has 0 atom stereocenters. The average molecular weight is 525 g/mol. The molecule has 0 amide bonds. The van der Waals surface area contributed by atoms with E-state index in [-0.39, 0.29) is 0 Å². The van der Waals surface area contributed by atoms with E-state index in [4.69, 9.17) is 11.8 Å². The molecule has 0 saturated heterocycles. The van der Waals surface area contributed by atoms with Gasteiger partial charge >= 0.3 is 0 Å². The molecule has 6 aromatic rings. The van der Waals surface area contributed by atoms with Crippen molar-refractivity contribution in [2.45, 2.75) is 0 Å². The monoisotopic (exact) mass is 524 g/mol. The number of aromatic nitrogens is 1. The molecule has 0 bridgehead atoms. The summed E-state index contributed by atoms with van der Waals surface area (Å²) in [6.07, 6.45) is 3.61. The number of pyridine rings is 1. The Kier molecular flexibility index (Phi) is 7.05. The minimum absolute atomic E-state index is 0.635. The summed E-state index contributed by atoms with van der Waals surface area (Å²) in [4.78, 5) is 9.87. The van der Waals surface area contributed by atoms with Gasteiger partial charge in [0, 0.05) is 29.5 Å². The van der Waals surface area contributed by atoms with Gasteiger partial charge in [-0.15, -0.1) is 0 Å². The summed E-state index contributed by atoms with van der Waals surface area (Å²) < 4.78 is 0. The molecular formula is C37H24N4. The summed E-state index contributed by atoms with van der Waals surface area (Å²) in [5.74, 6) is 0. The summed E-state index contributed by atoms with van der Waals surface area (Å²) >= 11 is 0. The van der Waals surface area contributed by atoms with Crippen LogP contribution in [0.3, 0.4) is 0 Å². The van der Waals surface area contributed by atoms with Crippen molar-refractivity contribution in [1.29, 1.82) is 5.26 Å². The standard InChI is InChI=1S/C37H24N4/c1-39-34-14-6-29(7-15-34)31-10-18-36(19-11-31)41(37-20-12-32(13-21-37)33-22-24-40-25-23-33)35-16-8-30(9-17-35)28-4-2-27(26-38)3-5-28/h2-25H. The lowest BCUT2D eigenvalue weighted by Crippen LogP contribution is -2.09. The van der Waals surface area contributed by atoms with Crippen molar-refractivity contribution in [1.82, 2.24) is 4.98 Å². The zero-order valence-electron chi connectivity index (χ0n) is 22.1. The van der Waals surface area contributed by atoms with Crippen LogP contribution in [-0.2, 0) is 0 Å². The summed E-state index contributed by atoms with van der Waals surface area (Å²) in [5.41, 5.74) is 11.0. The second kappa shape index (κ2) is 11.4. The third kappa shape index (κ3) is 5.45. The number of hydrogen-bond acceptors (Lipinski definition) is 3. The van der Waals surface area contributed by atoms with E-state index in [2.05, 4.69) is 93.6 Å². The number of rotatable bonds is 6. The topological polar surface area (TPSA) is 44.3 Å². The van der Waals surface area contributed by atoms with E-state index in [0.717, 1.165) is 50.4 Å². The molecule has 0 aliphatic heterocycles. The van der Waals surface area contributed by atoms with Gasteiger partial charge in [-0.3, -0.25) is 4.98 Å². The fourth-order valence-electron chi connectivity index (χ4n) is 4.87. The summed E-state index contributed by atoms with van der Waals surface area (Å²) in [6.45, 7) is 7.20. The molecule has 0 aliphatic carbocycles. The van der Waals surface area contributed by atoms with Crippen LogP contribution in [0.1, 0.15) is 5.56 Å². The SMILES string of the molecule is [C-]#[N+]c1ccc(-c2ccc(N(c3ccc(-c4ccncc4)cc3)c3ccc(-c4ccc(C#N)cc4)cc3)cc2)cc1. The molecule has 0 fully saturated rings. The lowest BCUT2D eigenvalue weighted by Gasteiger charge is -2.26. The first kappa shape index (κ1) is 25.3. The fourth-order valence-corrected chi connectivity index (χ4v) is 4.87. The van der Waals surface area contributed by atoms with Gasteiger partial charge in [0.05, 0.1) is 18.2 Å². The maximum absolute atomic E-state index is 9.13. The molecule has 0 unspecified atom stereocenters. The van der Waals surface area contributed by atoms with Crippen LogP contribution in [0.5, 0.6) is 0 Å². The third-order valence-corrected chi connectivity index (χ3v) is 7.07. The minimum atomic E-state index is 0.635. The Bertz CT molecular complexity index is 1740. The first-order valence-electron chi connectivity index (χ1n) is 13.2. The van der Waals surface area contributed by atoms with E-state index in [0.29, 0.717) is 11.3 Å². The molecule has 0 spiro atoms. The Hall–Kier alpha value is -5.97. The van der Waals surface area contributed by atoms with Gasteiger partial charge in [-0.05, 0) is 94.0 Å². The maximum Gasteiger partial charge on any atom is 0.187 e. The molecular weight excluding hydrogens is 500 g/mol. The molecule has 0 saturated carbocycles. The van der Waals surface area contributed by atoms with Crippen LogP contribution in [0.15, 0.2) is 146 Å². The lowest BCUT2D eigenvalue weighted by atomic mass is 10.0. The predicted octanol–water partition coefficient (Wildman–Crippen LogP) is 9.97. The lowest BCUT2D eigenvalue weighted by molar-refractivity contribution is 1.28. The average Bonchev–Trinajstić information content (AvgIpc) is 3.06. The number of nitriles is 1. The molecule has 5 aromatic carbocycles. The van der Waals surface area contributed by atoms with Gasteiger partial charge in [0.15, 0.2) is 5.69 Å². The molecule has 0 radical (unpaired) electrons. The predicted molar refractivity (Wildman–Crippen MR) is 166 cm³/mol. The van der Waals surface area contributed by atoms with E-state index in [1.54, 1.807) is 0 Å². The molecule has 1 heterocycles. The van der Waals surface area contributed by atoms with E-state index in [1.807, 2.05) is 73.1 Å². The quantitative estimate of drug-likeness (QED) is 0.204. The highest BCUT2D eigenvalue weighted by molar-refractivity contribution is 5.81. The molecule has 41 heavy (non-hydrogen) atoms. The molecule has 0 aliphatic rings. The molecule has 4 nitrogen and oxygen atoms in total. The van der Waals surface area contributed by atoms with Crippen molar-refractivity contribution in [2.24, 2.45) is 0 Å². The van der Waals surface area contributed by atoms with Crippen LogP contribution in [-0.4, -0.2) is 4.98 Å². The van der Waals surface area contributed by atoms with Gasteiger partial charge in [-0.1, -0.05) is 72.8 Å². The molecule has 192 valence electrons. The van der Waals surface area contributed by atoms with E-state index < -0.39 is 0 Å². The van der Waals surface area contributed by atoms with Gasteiger partial charge in [-0.25, -0.2) is 4.85 Å². The molecule has 1 aromatic heterocycles. The highest BCUT2D eigenvalue weighted by Gasteiger charge is 2.14. The molecule has 4 heteroatoms. The van der Waals surface area contributed by atoms with Crippen LogP contribution >= 0.6 is 0 Å². The summed E-state index contributed by atoms with van der Waals surface area (Å²) in [7, 11) is 0. The van der Waals surface area contributed by atoms with E-state index >= 15 is 0 Å². The second-order valence-electron chi connectivity index (χ2n) is 9.56. The largest absolute Gasteiger partial charge is 0.311 e. The van der Waals surface area contributed by atoms with Crippen molar-refractivity contribution in [3.8, 4) is 39.4 Å². The van der Waals surface area contributed by atoms with Crippen molar-refractivity contribution >= 4 is 22.7 Å². The molecule has 6 rings (SSSR count). The zero-order valence-corrected chi connectivity index (χ0v) is 22.1. The highest BCUT2D eigenvalue weighted by Crippen LogP contribution is 2.37. The first-order chi connectivity index (χ1) is 20.2. The van der Waals surface area contributed by atoms with Gasteiger partial charge < -0.3 is 4.90 Å².